The molecular weight excluding hydrogens is 396 g/mol. The molecule has 0 aliphatic carbocycles. The summed E-state index contributed by atoms with van der Waals surface area (Å²) in [5.74, 6) is 0. The fourth-order valence-corrected chi connectivity index (χ4v) is 4.04. The largest absolute Gasteiger partial charge is 0.330 e. The van der Waals surface area contributed by atoms with E-state index in [1.807, 2.05) is 36.6 Å². The quantitative estimate of drug-likeness (QED) is 0.376. The number of rotatable bonds is 3. The van der Waals surface area contributed by atoms with Crippen molar-refractivity contribution in [2.24, 2.45) is 14.1 Å². The van der Waals surface area contributed by atoms with Crippen molar-refractivity contribution < 1.29 is 4.92 Å². The van der Waals surface area contributed by atoms with E-state index in [0.717, 1.165) is 21.4 Å². The van der Waals surface area contributed by atoms with Gasteiger partial charge in [-0.25, -0.2) is 4.79 Å². The summed E-state index contributed by atoms with van der Waals surface area (Å²) in [5.41, 5.74) is 4.03. The number of fused-ring (bicyclic) bond motifs is 1. The Hall–Kier alpha value is -3.94. The van der Waals surface area contributed by atoms with Crippen LogP contribution in [0.4, 0.5) is 5.69 Å². The van der Waals surface area contributed by atoms with E-state index in [9.17, 15) is 19.7 Å². The second-order valence-corrected chi connectivity index (χ2v) is 7.86. The van der Waals surface area contributed by atoms with Gasteiger partial charge in [-0.3, -0.25) is 24.0 Å². The molecule has 0 radical (unpaired) electrons. The van der Waals surface area contributed by atoms with Crippen LogP contribution in [-0.4, -0.2) is 18.6 Å². The van der Waals surface area contributed by atoms with Gasteiger partial charge in [0.2, 0.25) is 0 Å². The molecule has 2 heterocycles. The maximum Gasteiger partial charge on any atom is 0.330 e. The van der Waals surface area contributed by atoms with Crippen molar-refractivity contribution in [3.8, 4) is 16.9 Å². The molecule has 0 atom stereocenters. The number of hydrogen-bond donors (Lipinski definition) is 0. The smallest absolute Gasteiger partial charge is 0.313 e. The van der Waals surface area contributed by atoms with Crippen molar-refractivity contribution in [3.05, 3.63) is 90.2 Å². The monoisotopic (exact) mass is 418 g/mol. The molecule has 0 N–H and O–H groups in total. The van der Waals surface area contributed by atoms with E-state index >= 15 is 0 Å². The first-order valence-corrected chi connectivity index (χ1v) is 9.76. The van der Waals surface area contributed by atoms with Crippen molar-refractivity contribution in [2.45, 2.75) is 20.8 Å². The van der Waals surface area contributed by atoms with Crippen LogP contribution in [0, 0.1) is 30.9 Å². The fraction of sp³-hybridized carbons (Fsp3) is 0.217. The zero-order valence-electron chi connectivity index (χ0n) is 18.0. The first-order valence-electron chi connectivity index (χ1n) is 9.76. The second kappa shape index (κ2) is 7.09. The first-order chi connectivity index (χ1) is 14.6. The summed E-state index contributed by atoms with van der Waals surface area (Å²) in [5, 5.41) is 11.9. The summed E-state index contributed by atoms with van der Waals surface area (Å²) in [7, 11) is 3.04. The lowest BCUT2D eigenvalue weighted by atomic mass is 10.0. The van der Waals surface area contributed by atoms with E-state index in [4.69, 9.17) is 0 Å². The van der Waals surface area contributed by atoms with Gasteiger partial charge in [0.05, 0.1) is 21.5 Å². The molecule has 158 valence electrons. The number of aromatic nitrogens is 3. The molecule has 8 heteroatoms. The van der Waals surface area contributed by atoms with Gasteiger partial charge in [0.1, 0.15) is 0 Å². The summed E-state index contributed by atoms with van der Waals surface area (Å²) in [6.07, 6.45) is 1.75. The lowest BCUT2D eigenvalue weighted by molar-refractivity contribution is -0.385. The Labute approximate surface area is 177 Å². The third-order valence-corrected chi connectivity index (χ3v) is 5.73. The topological polar surface area (TPSA) is 92.1 Å². The number of nitro groups is 1. The van der Waals surface area contributed by atoms with Gasteiger partial charge >= 0.3 is 5.69 Å². The van der Waals surface area contributed by atoms with Crippen LogP contribution in [-0.2, 0) is 14.1 Å². The summed E-state index contributed by atoms with van der Waals surface area (Å²) < 4.78 is 4.32. The first kappa shape index (κ1) is 20.3. The molecule has 4 aromatic rings. The Kier molecular flexibility index (Phi) is 4.65. The molecule has 2 aromatic carbocycles. The third kappa shape index (κ3) is 3.07. The summed E-state index contributed by atoms with van der Waals surface area (Å²) in [4.78, 5) is 36.8. The van der Waals surface area contributed by atoms with Gasteiger partial charge in [-0.05, 0) is 32.4 Å². The van der Waals surface area contributed by atoms with Gasteiger partial charge in [0, 0.05) is 43.2 Å². The molecule has 0 aliphatic rings. The Morgan fingerprint density at radius 1 is 0.903 bits per heavy atom. The number of aryl methyl sites for hydroxylation is 4. The number of hydrogen-bond acceptors (Lipinski definition) is 4. The van der Waals surface area contributed by atoms with E-state index in [2.05, 4.69) is 0 Å². The predicted octanol–water partition coefficient (Wildman–Crippen LogP) is 3.53. The summed E-state index contributed by atoms with van der Waals surface area (Å²) in [6.45, 7) is 5.63. The maximum absolute atomic E-state index is 13.2. The van der Waals surface area contributed by atoms with Crippen LogP contribution in [0.25, 0.3) is 27.8 Å². The van der Waals surface area contributed by atoms with Crippen molar-refractivity contribution >= 4 is 16.6 Å². The molecule has 0 amide bonds. The Balaban J connectivity index is 2.22. The van der Waals surface area contributed by atoms with Crippen molar-refractivity contribution in [1.82, 2.24) is 13.7 Å². The number of benzene rings is 2. The van der Waals surface area contributed by atoms with Crippen molar-refractivity contribution in [3.63, 3.8) is 0 Å². The molecule has 0 aliphatic heterocycles. The summed E-state index contributed by atoms with van der Waals surface area (Å²) >= 11 is 0. The van der Waals surface area contributed by atoms with E-state index in [0.29, 0.717) is 27.7 Å². The highest BCUT2D eigenvalue weighted by Gasteiger charge is 2.23. The van der Waals surface area contributed by atoms with Crippen LogP contribution >= 0.6 is 0 Å². The molecule has 0 spiro atoms. The van der Waals surface area contributed by atoms with Crippen LogP contribution in [0.15, 0.2) is 52.2 Å². The van der Waals surface area contributed by atoms with Crippen LogP contribution in [0.5, 0.6) is 0 Å². The minimum atomic E-state index is -0.445. The third-order valence-electron chi connectivity index (χ3n) is 5.73. The van der Waals surface area contributed by atoms with Crippen molar-refractivity contribution in [2.75, 3.05) is 0 Å². The normalized spacial score (nSPS) is 11.3. The zero-order valence-corrected chi connectivity index (χ0v) is 18.0. The molecule has 0 saturated heterocycles. The lowest BCUT2D eigenvalue weighted by Crippen LogP contribution is -2.36. The van der Waals surface area contributed by atoms with E-state index in [1.54, 1.807) is 32.3 Å². The van der Waals surface area contributed by atoms with Gasteiger partial charge in [0.25, 0.3) is 11.2 Å². The molecular formula is C23H22N4O4. The Bertz CT molecular complexity index is 1510. The predicted molar refractivity (Wildman–Crippen MR) is 120 cm³/mol. The van der Waals surface area contributed by atoms with Gasteiger partial charge < -0.3 is 4.57 Å². The van der Waals surface area contributed by atoms with Crippen LogP contribution in [0.2, 0.25) is 0 Å². The van der Waals surface area contributed by atoms with Crippen LogP contribution in [0.1, 0.15) is 16.7 Å². The van der Waals surface area contributed by atoms with Crippen molar-refractivity contribution in [1.29, 1.82) is 0 Å². The standard InChI is InChI=1S/C23H22N4O4/c1-13-6-9-17(15(3)10-13)26-12-19-20(22(28)25(5)23(29)24(19)4)21(26)16-8-7-14(2)18(11-16)27(30)31/h6-12H,1-5H3. The molecule has 0 saturated carbocycles. The fourth-order valence-electron chi connectivity index (χ4n) is 4.04. The van der Waals surface area contributed by atoms with Gasteiger partial charge in [-0.2, -0.15) is 0 Å². The molecule has 2 aromatic heterocycles. The van der Waals surface area contributed by atoms with Gasteiger partial charge in [-0.15, -0.1) is 0 Å². The average Bonchev–Trinajstić information content (AvgIpc) is 3.11. The maximum atomic E-state index is 13.2. The minimum Gasteiger partial charge on any atom is -0.313 e. The van der Waals surface area contributed by atoms with E-state index in [1.165, 1.54) is 17.7 Å². The molecule has 4 rings (SSSR count). The molecule has 0 unspecified atom stereocenters. The molecule has 0 fully saturated rings. The SMILES string of the molecule is Cc1ccc(-n2cc3c(c2-c2ccc(C)c([N+](=O)[O-])c2)c(=O)n(C)c(=O)n3C)c(C)c1. The van der Waals surface area contributed by atoms with Gasteiger partial charge in [0.15, 0.2) is 0 Å². The molecule has 31 heavy (non-hydrogen) atoms. The summed E-state index contributed by atoms with van der Waals surface area (Å²) in [6, 6.07) is 10.9. The van der Waals surface area contributed by atoms with E-state index in [-0.39, 0.29) is 5.69 Å². The highest BCUT2D eigenvalue weighted by Crippen LogP contribution is 2.34. The molecule has 8 nitrogen and oxygen atoms in total. The average molecular weight is 418 g/mol. The van der Waals surface area contributed by atoms with Crippen LogP contribution in [0.3, 0.4) is 0 Å². The zero-order chi connectivity index (χ0) is 22.6. The Morgan fingerprint density at radius 3 is 2.26 bits per heavy atom. The highest BCUT2D eigenvalue weighted by molar-refractivity contribution is 5.95. The van der Waals surface area contributed by atoms with Gasteiger partial charge in [-0.1, -0.05) is 29.8 Å². The van der Waals surface area contributed by atoms with Crippen LogP contribution < -0.4 is 11.2 Å². The number of nitro benzene ring substituents is 1. The highest BCUT2D eigenvalue weighted by atomic mass is 16.6. The van der Waals surface area contributed by atoms with E-state index < -0.39 is 16.2 Å². The Morgan fingerprint density at radius 2 is 1.61 bits per heavy atom. The molecule has 0 bridgehead atoms. The number of nitrogens with zero attached hydrogens (tertiary/aromatic N) is 4. The second-order valence-electron chi connectivity index (χ2n) is 7.86. The lowest BCUT2D eigenvalue weighted by Gasteiger charge is -2.13. The minimum absolute atomic E-state index is 0.0272.